The van der Waals surface area contributed by atoms with Gasteiger partial charge in [-0.1, -0.05) is 85.6 Å². The van der Waals surface area contributed by atoms with Gasteiger partial charge in [0.25, 0.3) is 0 Å². The van der Waals surface area contributed by atoms with Crippen molar-refractivity contribution >= 4 is 31.9 Å². The zero-order chi connectivity index (χ0) is 37.5. The molecule has 0 saturated heterocycles. The summed E-state index contributed by atoms with van der Waals surface area (Å²) in [4.78, 5) is 0. The van der Waals surface area contributed by atoms with Crippen LogP contribution in [0.25, 0.3) is 0 Å². The van der Waals surface area contributed by atoms with Crippen LogP contribution in [0.1, 0.15) is 103 Å². The van der Waals surface area contributed by atoms with E-state index in [1.54, 1.807) is 18.2 Å². The molecule has 0 fully saturated rings. The quantitative estimate of drug-likeness (QED) is 0.127. The van der Waals surface area contributed by atoms with Crippen molar-refractivity contribution in [2.45, 2.75) is 104 Å². The average molecular weight is 813 g/mol. The molecule has 50 heavy (non-hydrogen) atoms. The number of rotatable bonds is 17. The van der Waals surface area contributed by atoms with E-state index < -0.39 is 11.2 Å². The Hall–Kier alpha value is -2.84. The van der Waals surface area contributed by atoms with Crippen LogP contribution in [-0.2, 0) is 44.7 Å². The highest BCUT2D eigenvalue weighted by Crippen LogP contribution is 2.44. The zero-order valence-corrected chi connectivity index (χ0v) is 34.9. The minimum Gasteiger partial charge on any atom is -0.490 e. The largest absolute Gasteiger partial charge is 0.490 e. The van der Waals surface area contributed by atoms with Gasteiger partial charge in [0.1, 0.15) is 37.1 Å². The molecule has 0 atom stereocenters. The van der Waals surface area contributed by atoms with Crippen molar-refractivity contribution < 1.29 is 23.7 Å². The molecule has 272 valence electrons. The fourth-order valence-corrected chi connectivity index (χ4v) is 6.49. The van der Waals surface area contributed by atoms with Crippen LogP contribution in [0.2, 0.25) is 0 Å². The van der Waals surface area contributed by atoms with Gasteiger partial charge < -0.3 is 23.7 Å². The molecule has 3 aromatic rings. The first kappa shape index (κ1) is 41.6. The maximum Gasteiger partial charge on any atom is 0.140 e. The lowest BCUT2D eigenvalue weighted by Gasteiger charge is -2.32. The molecule has 3 rings (SSSR count). The molecule has 3 aromatic carbocycles. The summed E-state index contributed by atoms with van der Waals surface area (Å²) in [6.45, 7) is 34.8. The standard InChI is InChI=1S/C43H56Br2O5/c1-14-17-46-33-21-29(27-49-42(10,11)34-23-31(40(4,5)6)25-36(44)38(34)47-18-15-2)20-30(22-33)28-50-43(12,13)35-24-32(41(7,8)9)26-37(45)39(35)48-19-16-3/h14-16,20-26H,1-3,17-19,27-28H2,4-13H3. The second-order valence-corrected chi connectivity index (χ2v) is 17.3. The lowest BCUT2D eigenvalue weighted by Crippen LogP contribution is -2.25. The Balaban J connectivity index is 1.97. The summed E-state index contributed by atoms with van der Waals surface area (Å²) in [5.74, 6) is 2.22. The minimum atomic E-state index is -0.690. The highest BCUT2D eigenvalue weighted by Gasteiger charge is 2.32. The van der Waals surface area contributed by atoms with Crippen LogP contribution in [-0.4, -0.2) is 19.8 Å². The maximum atomic E-state index is 6.71. The molecular formula is C43H56Br2O5. The fourth-order valence-electron chi connectivity index (χ4n) is 5.34. The van der Waals surface area contributed by atoms with Crippen LogP contribution in [0.3, 0.4) is 0 Å². The van der Waals surface area contributed by atoms with E-state index >= 15 is 0 Å². The normalized spacial score (nSPS) is 12.4. The van der Waals surface area contributed by atoms with Crippen molar-refractivity contribution in [1.82, 2.24) is 0 Å². The summed E-state index contributed by atoms with van der Waals surface area (Å²) in [7, 11) is 0. The van der Waals surface area contributed by atoms with Gasteiger partial charge >= 0.3 is 0 Å². The summed E-state index contributed by atoms with van der Waals surface area (Å²) in [6, 6.07) is 14.8. The van der Waals surface area contributed by atoms with E-state index in [4.69, 9.17) is 23.7 Å². The van der Waals surface area contributed by atoms with E-state index in [9.17, 15) is 0 Å². The zero-order valence-electron chi connectivity index (χ0n) is 31.7. The number of halogens is 2. The molecule has 0 aliphatic heterocycles. The second-order valence-electron chi connectivity index (χ2n) is 15.6. The van der Waals surface area contributed by atoms with E-state index in [2.05, 4.69) is 151 Å². The molecule has 0 aliphatic carbocycles. The van der Waals surface area contributed by atoms with Crippen LogP contribution in [0.4, 0.5) is 0 Å². The molecule has 0 radical (unpaired) electrons. The average Bonchev–Trinajstić information content (AvgIpc) is 3.03. The fraction of sp³-hybridized carbons (Fsp3) is 0.442. The van der Waals surface area contributed by atoms with Gasteiger partial charge in [0.2, 0.25) is 0 Å². The summed E-state index contributed by atoms with van der Waals surface area (Å²) in [5.41, 5.74) is 4.70. The molecule has 0 aromatic heterocycles. The predicted octanol–water partition coefficient (Wildman–Crippen LogP) is 12.4. The van der Waals surface area contributed by atoms with Crippen molar-refractivity contribution in [2.75, 3.05) is 19.8 Å². The van der Waals surface area contributed by atoms with Crippen molar-refractivity contribution in [3.05, 3.63) is 123 Å². The monoisotopic (exact) mass is 810 g/mol. The molecule has 0 amide bonds. The van der Waals surface area contributed by atoms with Crippen molar-refractivity contribution in [3.8, 4) is 17.2 Å². The van der Waals surface area contributed by atoms with Crippen LogP contribution in [0, 0.1) is 0 Å². The molecular weight excluding hydrogens is 756 g/mol. The van der Waals surface area contributed by atoms with Gasteiger partial charge in [0.05, 0.1) is 33.4 Å². The van der Waals surface area contributed by atoms with Gasteiger partial charge in [-0.2, -0.15) is 0 Å². The topological polar surface area (TPSA) is 46.2 Å². The molecule has 0 bridgehead atoms. The number of hydrogen-bond donors (Lipinski definition) is 0. The summed E-state index contributed by atoms with van der Waals surface area (Å²) in [6.07, 6.45) is 5.23. The van der Waals surface area contributed by atoms with Gasteiger partial charge in [-0.25, -0.2) is 0 Å². The van der Waals surface area contributed by atoms with Crippen molar-refractivity contribution in [3.63, 3.8) is 0 Å². The minimum absolute atomic E-state index is 0.0630. The van der Waals surface area contributed by atoms with E-state index in [0.29, 0.717) is 33.0 Å². The Kier molecular flexibility index (Phi) is 14.2. The Morgan fingerprint density at radius 3 is 1.22 bits per heavy atom. The maximum absolute atomic E-state index is 6.71. The van der Waals surface area contributed by atoms with Gasteiger partial charge in [-0.05, 0) is 129 Å². The molecule has 0 heterocycles. The Bertz CT molecular complexity index is 1540. The highest BCUT2D eigenvalue weighted by molar-refractivity contribution is 9.11. The van der Waals surface area contributed by atoms with E-state index in [-0.39, 0.29) is 10.8 Å². The molecule has 0 spiro atoms. The Morgan fingerprint density at radius 2 is 0.880 bits per heavy atom. The first-order valence-electron chi connectivity index (χ1n) is 17.0. The molecule has 0 N–H and O–H groups in total. The van der Waals surface area contributed by atoms with Gasteiger partial charge in [-0.3, -0.25) is 0 Å². The third-order valence-electron chi connectivity index (χ3n) is 8.40. The Labute approximate surface area is 318 Å². The van der Waals surface area contributed by atoms with Crippen LogP contribution in [0.5, 0.6) is 17.2 Å². The number of benzene rings is 3. The smallest absolute Gasteiger partial charge is 0.140 e. The summed E-state index contributed by atoms with van der Waals surface area (Å²) >= 11 is 7.54. The molecule has 0 aliphatic rings. The number of hydrogen-bond acceptors (Lipinski definition) is 5. The van der Waals surface area contributed by atoms with Crippen LogP contribution < -0.4 is 14.2 Å². The van der Waals surface area contributed by atoms with Gasteiger partial charge in [0.15, 0.2) is 0 Å². The first-order chi connectivity index (χ1) is 23.2. The van der Waals surface area contributed by atoms with Gasteiger partial charge in [0, 0.05) is 11.1 Å². The highest BCUT2D eigenvalue weighted by atomic mass is 79.9. The third-order valence-corrected chi connectivity index (χ3v) is 9.58. The third kappa shape index (κ3) is 11.1. The predicted molar refractivity (Wildman–Crippen MR) is 215 cm³/mol. The van der Waals surface area contributed by atoms with Crippen LogP contribution >= 0.6 is 31.9 Å². The Morgan fingerprint density at radius 1 is 0.520 bits per heavy atom. The molecule has 7 heteroatoms. The van der Waals surface area contributed by atoms with Gasteiger partial charge in [-0.15, -0.1) is 0 Å². The van der Waals surface area contributed by atoms with E-state index in [1.165, 1.54) is 11.1 Å². The first-order valence-corrected chi connectivity index (χ1v) is 18.6. The molecule has 0 saturated carbocycles. The lowest BCUT2D eigenvalue weighted by atomic mass is 9.83. The van der Waals surface area contributed by atoms with Crippen LogP contribution in [0.15, 0.2) is 89.4 Å². The molecule has 0 unspecified atom stereocenters. The SMILES string of the molecule is C=CCOc1cc(COC(C)(C)c2cc(C(C)(C)C)cc(Br)c2OCC=C)cc(COC(C)(C)c2cc(C(C)(C)C)cc(Br)c2OCC=C)c1. The van der Waals surface area contributed by atoms with Crippen molar-refractivity contribution in [1.29, 1.82) is 0 Å². The lowest BCUT2D eigenvalue weighted by molar-refractivity contribution is -0.0375. The van der Waals surface area contributed by atoms with E-state index in [0.717, 1.165) is 48.4 Å². The summed E-state index contributed by atoms with van der Waals surface area (Å²) < 4.78 is 33.6. The van der Waals surface area contributed by atoms with E-state index in [1.807, 2.05) is 12.1 Å². The number of ether oxygens (including phenoxy) is 5. The molecule has 5 nitrogen and oxygen atoms in total. The summed E-state index contributed by atoms with van der Waals surface area (Å²) in [5, 5.41) is 0. The van der Waals surface area contributed by atoms with Crippen molar-refractivity contribution in [2.24, 2.45) is 0 Å². The second kappa shape index (κ2) is 17.1.